The first-order chi connectivity index (χ1) is 4.79. The van der Waals surface area contributed by atoms with Gasteiger partial charge in [-0.1, -0.05) is 30.3 Å². The molecular formula is C8H9ClO2. The molecule has 0 atom stereocenters. The van der Waals surface area contributed by atoms with Crippen LogP contribution in [0.3, 0.4) is 0 Å². The summed E-state index contributed by atoms with van der Waals surface area (Å²) >= 11 is 5.17. The highest BCUT2D eigenvalue weighted by Gasteiger charge is 1.95. The maximum absolute atomic E-state index is 10.4. The number of hydrogen-bond acceptors (Lipinski definition) is 1. The summed E-state index contributed by atoms with van der Waals surface area (Å²) in [6.07, 6.45) is 0.322. The van der Waals surface area contributed by atoms with Crippen molar-refractivity contribution in [2.45, 2.75) is 6.42 Å². The molecule has 0 aliphatic rings. The Kier molecular flexibility index (Phi) is 4.50. The average molecular weight is 173 g/mol. The van der Waals surface area contributed by atoms with Gasteiger partial charge >= 0.3 is 0 Å². The summed E-state index contributed by atoms with van der Waals surface area (Å²) in [5.41, 5.74) is 0.961. The van der Waals surface area contributed by atoms with Gasteiger partial charge in [-0.05, 0) is 17.2 Å². The predicted molar refractivity (Wildman–Crippen MR) is 44.6 cm³/mol. The summed E-state index contributed by atoms with van der Waals surface area (Å²) in [6, 6.07) is 9.42. The molecule has 2 nitrogen and oxygen atoms in total. The van der Waals surface area contributed by atoms with Gasteiger partial charge < -0.3 is 5.48 Å². The van der Waals surface area contributed by atoms with Crippen molar-refractivity contribution in [1.82, 2.24) is 0 Å². The van der Waals surface area contributed by atoms with E-state index in [1.165, 1.54) is 0 Å². The van der Waals surface area contributed by atoms with E-state index >= 15 is 0 Å². The average Bonchev–Trinajstić information content (AvgIpc) is 1.88. The fourth-order valence-corrected chi connectivity index (χ4v) is 0.911. The minimum atomic E-state index is -0.314. The Morgan fingerprint density at radius 3 is 2.27 bits per heavy atom. The zero-order valence-electron chi connectivity index (χ0n) is 5.88. The van der Waals surface area contributed by atoms with E-state index < -0.39 is 0 Å². The number of rotatable bonds is 2. The number of benzene rings is 1. The molecular weight excluding hydrogens is 164 g/mol. The molecule has 0 aromatic heterocycles. The van der Waals surface area contributed by atoms with Gasteiger partial charge in [-0.3, -0.25) is 4.79 Å². The lowest BCUT2D eigenvalue weighted by molar-refractivity contribution is -0.111. The molecule has 0 bridgehead atoms. The van der Waals surface area contributed by atoms with Crippen LogP contribution in [0.15, 0.2) is 30.3 Å². The Morgan fingerprint density at radius 2 is 1.82 bits per heavy atom. The zero-order valence-corrected chi connectivity index (χ0v) is 6.64. The Bertz CT molecular complexity index is 221. The SMILES string of the molecule is O.O=C(Cl)Cc1ccccc1. The monoisotopic (exact) mass is 172 g/mol. The predicted octanol–water partition coefficient (Wildman–Crippen LogP) is 1.17. The topological polar surface area (TPSA) is 48.6 Å². The lowest BCUT2D eigenvalue weighted by atomic mass is 10.2. The zero-order chi connectivity index (χ0) is 7.40. The van der Waals surface area contributed by atoms with Crippen molar-refractivity contribution < 1.29 is 10.3 Å². The van der Waals surface area contributed by atoms with Gasteiger partial charge in [0.2, 0.25) is 5.24 Å². The van der Waals surface area contributed by atoms with Crippen LogP contribution in [-0.4, -0.2) is 10.7 Å². The van der Waals surface area contributed by atoms with Crippen LogP contribution in [-0.2, 0) is 11.2 Å². The van der Waals surface area contributed by atoms with Crippen LogP contribution in [0.2, 0.25) is 0 Å². The molecule has 0 aliphatic heterocycles. The summed E-state index contributed by atoms with van der Waals surface area (Å²) in [6.45, 7) is 0. The van der Waals surface area contributed by atoms with Crippen LogP contribution < -0.4 is 0 Å². The van der Waals surface area contributed by atoms with Crippen LogP contribution in [0.1, 0.15) is 5.56 Å². The molecule has 0 aliphatic carbocycles. The third kappa shape index (κ3) is 3.75. The maximum Gasteiger partial charge on any atom is 0.226 e. The van der Waals surface area contributed by atoms with Gasteiger partial charge in [-0.15, -0.1) is 0 Å². The first-order valence-electron chi connectivity index (χ1n) is 3.01. The second-order valence-corrected chi connectivity index (χ2v) is 2.44. The molecule has 3 heteroatoms. The van der Waals surface area contributed by atoms with Crippen molar-refractivity contribution in [3.05, 3.63) is 35.9 Å². The minimum absolute atomic E-state index is 0. The maximum atomic E-state index is 10.4. The molecule has 0 heterocycles. The van der Waals surface area contributed by atoms with E-state index in [9.17, 15) is 4.79 Å². The van der Waals surface area contributed by atoms with Gasteiger partial charge in [-0.2, -0.15) is 0 Å². The Balaban J connectivity index is 0.000001000. The molecule has 1 aromatic rings. The molecule has 0 fully saturated rings. The number of halogens is 1. The first-order valence-corrected chi connectivity index (χ1v) is 3.39. The van der Waals surface area contributed by atoms with E-state index in [0.29, 0.717) is 6.42 Å². The summed E-state index contributed by atoms with van der Waals surface area (Å²) < 4.78 is 0. The van der Waals surface area contributed by atoms with Crippen LogP contribution in [0.4, 0.5) is 0 Å². The second-order valence-electron chi connectivity index (χ2n) is 2.02. The van der Waals surface area contributed by atoms with Crippen molar-refractivity contribution >= 4 is 16.8 Å². The van der Waals surface area contributed by atoms with Crippen molar-refractivity contribution in [3.63, 3.8) is 0 Å². The molecule has 0 saturated carbocycles. The number of carbonyl (C=O) groups excluding carboxylic acids is 1. The smallest absolute Gasteiger partial charge is 0.226 e. The molecule has 0 unspecified atom stereocenters. The van der Waals surface area contributed by atoms with Crippen molar-refractivity contribution in [3.8, 4) is 0 Å². The van der Waals surface area contributed by atoms with Crippen molar-refractivity contribution in [2.75, 3.05) is 0 Å². The highest BCUT2D eigenvalue weighted by atomic mass is 35.5. The molecule has 60 valence electrons. The first kappa shape index (κ1) is 10.1. The molecule has 0 amide bonds. The highest BCUT2D eigenvalue weighted by Crippen LogP contribution is 2.00. The van der Waals surface area contributed by atoms with Crippen LogP contribution in [0.5, 0.6) is 0 Å². The van der Waals surface area contributed by atoms with Gasteiger partial charge in [0.25, 0.3) is 0 Å². The molecule has 11 heavy (non-hydrogen) atoms. The summed E-state index contributed by atoms with van der Waals surface area (Å²) in [7, 11) is 0. The van der Waals surface area contributed by atoms with Gasteiger partial charge in [-0.25, -0.2) is 0 Å². The lowest BCUT2D eigenvalue weighted by Gasteiger charge is -1.92. The third-order valence-electron chi connectivity index (χ3n) is 1.19. The van der Waals surface area contributed by atoms with Gasteiger partial charge in [0, 0.05) is 6.42 Å². The second kappa shape index (κ2) is 4.88. The fraction of sp³-hybridized carbons (Fsp3) is 0.125. The Morgan fingerprint density at radius 1 is 1.27 bits per heavy atom. The molecule has 0 saturated heterocycles. The van der Waals surface area contributed by atoms with E-state index in [2.05, 4.69) is 0 Å². The van der Waals surface area contributed by atoms with Crippen molar-refractivity contribution in [2.24, 2.45) is 0 Å². The Hall–Kier alpha value is -0.860. The third-order valence-corrected chi connectivity index (χ3v) is 1.32. The number of hydrogen-bond donors (Lipinski definition) is 0. The van der Waals surface area contributed by atoms with E-state index in [1.54, 1.807) is 0 Å². The van der Waals surface area contributed by atoms with Crippen LogP contribution >= 0.6 is 11.6 Å². The molecule has 0 radical (unpaired) electrons. The van der Waals surface area contributed by atoms with Crippen LogP contribution in [0.25, 0.3) is 0 Å². The molecule has 0 spiro atoms. The van der Waals surface area contributed by atoms with Gasteiger partial charge in [0.1, 0.15) is 0 Å². The summed E-state index contributed by atoms with van der Waals surface area (Å²) in [5, 5.41) is -0.314. The van der Waals surface area contributed by atoms with E-state index in [-0.39, 0.29) is 10.7 Å². The normalized spacial score (nSPS) is 8.45. The van der Waals surface area contributed by atoms with E-state index in [0.717, 1.165) is 5.56 Å². The highest BCUT2D eigenvalue weighted by molar-refractivity contribution is 6.63. The summed E-state index contributed by atoms with van der Waals surface area (Å²) in [5.74, 6) is 0. The van der Waals surface area contributed by atoms with Crippen molar-refractivity contribution in [1.29, 1.82) is 0 Å². The molecule has 1 rings (SSSR count). The Labute approximate surface area is 70.1 Å². The van der Waals surface area contributed by atoms with E-state index in [1.807, 2.05) is 30.3 Å². The quantitative estimate of drug-likeness (QED) is 0.618. The van der Waals surface area contributed by atoms with Gasteiger partial charge in [0.05, 0.1) is 0 Å². The van der Waals surface area contributed by atoms with Gasteiger partial charge in [0.15, 0.2) is 0 Å². The van der Waals surface area contributed by atoms with Crippen LogP contribution in [0, 0.1) is 0 Å². The summed E-state index contributed by atoms with van der Waals surface area (Å²) in [4.78, 5) is 10.4. The number of carbonyl (C=O) groups is 1. The molecule has 1 aromatic carbocycles. The van der Waals surface area contributed by atoms with E-state index in [4.69, 9.17) is 11.6 Å². The minimum Gasteiger partial charge on any atom is -0.412 e. The molecule has 2 N–H and O–H groups in total. The lowest BCUT2D eigenvalue weighted by Crippen LogP contribution is -1.91. The largest absolute Gasteiger partial charge is 0.412 e. The fourth-order valence-electron chi connectivity index (χ4n) is 0.756. The standard InChI is InChI=1S/C8H7ClO.H2O/c9-8(10)6-7-4-2-1-3-5-7;/h1-5H,6H2;1H2.